The second-order valence-electron chi connectivity index (χ2n) is 7.84. The molecule has 0 spiro atoms. The number of sulfonamides is 1. The minimum Gasteiger partial charge on any atom is -0.348 e. The van der Waals surface area contributed by atoms with E-state index in [0.29, 0.717) is 5.82 Å². The van der Waals surface area contributed by atoms with Crippen LogP contribution >= 0.6 is 0 Å². The molecule has 0 bridgehead atoms. The molecule has 5 aromatic rings. The Kier molecular flexibility index (Phi) is 5.64. The summed E-state index contributed by atoms with van der Waals surface area (Å²) in [4.78, 5) is 21.8. The van der Waals surface area contributed by atoms with E-state index < -0.39 is 10.0 Å². The van der Waals surface area contributed by atoms with Crippen LogP contribution in [0.4, 0.5) is 0 Å². The van der Waals surface area contributed by atoms with Crippen molar-refractivity contribution in [1.29, 1.82) is 0 Å². The van der Waals surface area contributed by atoms with Crippen LogP contribution in [0.2, 0.25) is 0 Å². The summed E-state index contributed by atoms with van der Waals surface area (Å²) in [5.41, 5.74) is 5.88. The molecule has 1 atom stereocenters. The molecule has 3 N–H and O–H groups in total. The highest BCUT2D eigenvalue weighted by atomic mass is 32.2. The van der Waals surface area contributed by atoms with Crippen molar-refractivity contribution < 1.29 is 8.42 Å². The van der Waals surface area contributed by atoms with Crippen molar-refractivity contribution in [3.05, 3.63) is 102 Å². The summed E-state index contributed by atoms with van der Waals surface area (Å²) in [6.07, 6.45) is 7.59. The van der Waals surface area contributed by atoms with Crippen molar-refractivity contribution in [2.75, 3.05) is 0 Å². The smallest absolute Gasteiger partial charge is 0.238 e. The molecule has 0 aliphatic carbocycles. The average Bonchev–Trinajstić information content (AvgIpc) is 3.38. The standard InChI is InChI=1S/C25H22N6O2S/c1-2-17-4-3-5-20(31-17)23-19(10-11-21-24(23)28-13-12-27-21)22(25-29-14-15-30-25)16-6-8-18(9-7-16)34(26,32)33/h3-15,22H,2H2,1H3,(H,29,30)(H2,26,32,33). The number of rotatable bonds is 6. The Morgan fingerprint density at radius 3 is 2.44 bits per heavy atom. The van der Waals surface area contributed by atoms with E-state index in [1.165, 1.54) is 12.1 Å². The fraction of sp³-hybridized carbons (Fsp3) is 0.120. The molecule has 0 aliphatic heterocycles. The number of primary sulfonamides is 1. The average molecular weight is 471 g/mol. The Morgan fingerprint density at radius 2 is 1.74 bits per heavy atom. The number of aromatic amines is 1. The molecule has 0 fully saturated rings. The number of benzene rings is 2. The number of fused-ring (bicyclic) bond motifs is 1. The second-order valence-corrected chi connectivity index (χ2v) is 9.40. The highest BCUT2D eigenvalue weighted by Gasteiger charge is 2.26. The summed E-state index contributed by atoms with van der Waals surface area (Å²) < 4.78 is 23.6. The van der Waals surface area contributed by atoms with Gasteiger partial charge in [0.15, 0.2) is 0 Å². The molecule has 0 saturated heterocycles. The Hall–Kier alpha value is -3.95. The van der Waals surface area contributed by atoms with Crippen LogP contribution in [0.1, 0.15) is 35.5 Å². The predicted octanol–water partition coefficient (Wildman–Crippen LogP) is 3.80. The van der Waals surface area contributed by atoms with Crippen molar-refractivity contribution in [2.24, 2.45) is 5.14 Å². The third-order valence-corrected chi connectivity index (χ3v) is 6.67. The maximum Gasteiger partial charge on any atom is 0.238 e. The van der Waals surface area contributed by atoms with Crippen LogP contribution in [0.25, 0.3) is 22.3 Å². The van der Waals surface area contributed by atoms with Crippen LogP contribution in [0.5, 0.6) is 0 Å². The Bertz CT molecular complexity index is 1570. The molecule has 2 aromatic carbocycles. The first-order valence-corrected chi connectivity index (χ1v) is 12.3. The van der Waals surface area contributed by atoms with Gasteiger partial charge in [0.05, 0.1) is 27.5 Å². The number of nitrogens with zero attached hydrogens (tertiary/aromatic N) is 4. The zero-order chi connectivity index (χ0) is 23.7. The number of aryl methyl sites for hydroxylation is 1. The third kappa shape index (κ3) is 4.07. The van der Waals surface area contributed by atoms with E-state index in [9.17, 15) is 8.42 Å². The topological polar surface area (TPSA) is 128 Å². The van der Waals surface area contributed by atoms with Crippen molar-refractivity contribution in [3.8, 4) is 11.3 Å². The lowest BCUT2D eigenvalue weighted by atomic mass is 9.85. The molecular formula is C25H22N6O2S. The monoisotopic (exact) mass is 470 g/mol. The Balaban J connectivity index is 1.79. The molecule has 3 aromatic heterocycles. The van der Waals surface area contributed by atoms with Gasteiger partial charge in [0.1, 0.15) is 5.82 Å². The SMILES string of the molecule is CCc1cccc(-c2c(C(c3ccc(S(N)(=O)=O)cc3)c3ncc[nH]3)ccc3nccnc23)n1. The lowest BCUT2D eigenvalue weighted by Gasteiger charge is -2.21. The molecule has 9 heteroatoms. The van der Waals surface area contributed by atoms with Crippen molar-refractivity contribution in [2.45, 2.75) is 24.2 Å². The van der Waals surface area contributed by atoms with Gasteiger partial charge in [-0.2, -0.15) is 0 Å². The zero-order valence-electron chi connectivity index (χ0n) is 18.4. The maximum atomic E-state index is 11.8. The van der Waals surface area contributed by atoms with Gasteiger partial charge < -0.3 is 4.98 Å². The van der Waals surface area contributed by atoms with E-state index >= 15 is 0 Å². The number of hydrogen-bond acceptors (Lipinski definition) is 6. The molecule has 0 saturated carbocycles. The van der Waals surface area contributed by atoms with Crippen LogP contribution in [-0.2, 0) is 16.4 Å². The lowest BCUT2D eigenvalue weighted by Crippen LogP contribution is -2.13. The lowest BCUT2D eigenvalue weighted by molar-refractivity contribution is 0.597. The molecular weight excluding hydrogens is 448 g/mol. The fourth-order valence-electron chi connectivity index (χ4n) is 4.15. The van der Waals surface area contributed by atoms with Crippen LogP contribution in [0, 0.1) is 0 Å². The van der Waals surface area contributed by atoms with E-state index in [1.807, 2.05) is 30.3 Å². The number of H-pyrrole nitrogens is 1. The minimum absolute atomic E-state index is 0.0522. The molecule has 0 amide bonds. The van der Waals surface area contributed by atoms with E-state index in [-0.39, 0.29) is 10.8 Å². The molecule has 8 nitrogen and oxygen atoms in total. The molecule has 1 unspecified atom stereocenters. The van der Waals surface area contributed by atoms with Gasteiger partial charge in [0.2, 0.25) is 10.0 Å². The first-order valence-electron chi connectivity index (χ1n) is 10.8. The third-order valence-electron chi connectivity index (χ3n) is 5.74. The number of imidazole rings is 1. The fourth-order valence-corrected chi connectivity index (χ4v) is 4.66. The van der Waals surface area contributed by atoms with Gasteiger partial charge >= 0.3 is 0 Å². The summed E-state index contributed by atoms with van der Waals surface area (Å²) >= 11 is 0. The number of nitrogens with two attached hydrogens (primary N) is 1. The Labute approximate surface area is 197 Å². The summed E-state index contributed by atoms with van der Waals surface area (Å²) in [7, 11) is -3.80. The minimum atomic E-state index is -3.80. The number of nitrogens with one attached hydrogen (secondary N) is 1. The predicted molar refractivity (Wildman–Crippen MR) is 129 cm³/mol. The normalized spacial score (nSPS) is 12.6. The summed E-state index contributed by atoms with van der Waals surface area (Å²) in [5, 5.41) is 5.31. The van der Waals surface area contributed by atoms with E-state index in [0.717, 1.165) is 45.5 Å². The van der Waals surface area contributed by atoms with E-state index in [1.54, 1.807) is 36.9 Å². The molecule has 0 aliphatic rings. The molecule has 34 heavy (non-hydrogen) atoms. The molecule has 5 rings (SSSR count). The first-order chi connectivity index (χ1) is 16.5. The number of hydrogen-bond donors (Lipinski definition) is 2. The van der Waals surface area contributed by atoms with E-state index in [4.69, 9.17) is 10.1 Å². The highest BCUT2D eigenvalue weighted by molar-refractivity contribution is 7.89. The first kappa shape index (κ1) is 21.9. The molecule has 0 radical (unpaired) electrons. The van der Waals surface area contributed by atoms with Gasteiger partial charge in [-0.3, -0.25) is 15.0 Å². The second kappa shape index (κ2) is 8.77. The van der Waals surface area contributed by atoms with Gasteiger partial charge in [-0.15, -0.1) is 0 Å². The van der Waals surface area contributed by atoms with Crippen LogP contribution in [0.15, 0.2) is 84.3 Å². The van der Waals surface area contributed by atoms with E-state index in [2.05, 4.69) is 26.9 Å². The van der Waals surface area contributed by atoms with Crippen molar-refractivity contribution in [1.82, 2.24) is 24.9 Å². The molecule has 3 heterocycles. The van der Waals surface area contributed by atoms with Crippen LogP contribution in [0.3, 0.4) is 0 Å². The largest absolute Gasteiger partial charge is 0.348 e. The van der Waals surface area contributed by atoms with Gasteiger partial charge in [-0.25, -0.2) is 18.5 Å². The van der Waals surface area contributed by atoms with Gasteiger partial charge in [0, 0.05) is 36.0 Å². The van der Waals surface area contributed by atoms with Crippen LogP contribution in [-0.4, -0.2) is 33.3 Å². The zero-order valence-corrected chi connectivity index (χ0v) is 19.2. The molecule has 170 valence electrons. The quantitative estimate of drug-likeness (QED) is 0.388. The number of pyridine rings is 1. The Morgan fingerprint density at radius 1 is 0.941 bits per heavy atom. The van der Waals surface area contributed by atoms with Crippen LogP contribution < -0.4 is 5.14 Å². The summed E-state index contributed by atoms with van der Waals surface area (Å²) in [5.74, 6) is 0.373. The van der Waals surface area contributed by atoms with Crippen molar-refractivity contribution >= 4 is 21.1 Å². The maximum absolute atomic E-state index is 11.8. The summed E-state index contributed by atoms with van der Waals surface area (Å²) in [6.45, 7) is 2.06. The number of aromatic nitrogens is 5. The van der Waals surface area contributed by atoms with Gasteiger partial charge in [0.25, 0.3) is 0 Å². The summed E-state index contributed by atoms with van der Waals surface area (Å²) in [6, 6.07) is 16.4. The van der Waals surface area contributed by atoms with Gasteiger partial charge in [-0.05, 0) is 47.9 Å². The highest BCUT2D eigenvalue weighted by Crippen LogP contribution is 2.39. The van der Waals surface area contributed by atoms with Gasteiger partial charge in [-0.1, -0.05) is 31.2 Å². The van der Waals surface area contributed by atoms with Crippen molar-refractivity contribution in [3.63, 3.8) is 0 Å².